The van der Waals surface area contributed by atoms with Crippen molar-refractivity contribution in [2.75, 3.05) is 28.4 Å². The number of hydrogen-bond acceptors (Lipinski definition) is 10. The topological polar surface area (TPSA) is 124 Å². The molecule has 0 aliphatic rings. The van der Waals surface area contributed by atoms with Gasteiger partial charge in [-0.15, -0.1) is 0 Å². The Kier molecular flexibility index (Phi) is 7.42. The molecule has 0 spiro atoms. The van der Waals surface area contributed by atoms with Crippen LogP contribution in [-0.2, 0) is 20.2 Å². The molecule has 182 valence electrons. The van der Waals surface area contributed by atoms with Crippen LogP contribution in [0, 0.1) is 0 Å². The van der Waals surface area contributed by atoms with Crippen LogP contribution in [0.25, 0.3) is 0 Å². The minimum absolute atomic E-state index is 0.158. The lowest BCUT2D eigenvalue weighted by atomic mass is 10.3. The van der Waals surface area contributed by atoms with Crippen molar-refractivity contribution in [2.45, 2.75) is 9.79 Å². The van der Waals surface area contributed by atoms with Gasteiger partial charge in [-0.05, 0) is 36.4 Å². The van der Waals surface area contributed by atoms with Gasteiger partial charge in [-0.3, -0.25) is 0 Å². The Morgan fingerprint density at radius 3 is 1.24 bits per heavy atom. The summed E-state index contributed by atoms with van der Waals surface area (Å²) < 4.78 is 81.6. The van der Waals surface area contributed by atoms with Crippen LogP contribution in [-0.4, -0.2) is 45.3 Å². The van der Waals surface area contributed by atoms with E-state index in [9.17, 15) is 16.8 Å². The van der Waals surface area contributed by atoms with Crippen molar-refractivity contribution < 1.29 is 44.1 Å². The number of methoxy groups -OCH3 is 4. The zero-order valence-electron chi connectivity index (χ0n) is 18.7. The molecule has 0 bridgehead atoms. The Hall–Kier alpha value is -3.64. The minimum atomic E-state index is -4.27. The predicted octanol–water partition coefficient (Wildman–Crippen LogP) is 3.26. The van der Waals surface area contributed by atoms with Crippen LogP contribution < -0.4 is 27.3 Å². The van der Waals surface area contributed by atoms with E-state index < -0.39 is 20.2 Å². The SMILES string of the molecule is COc1ccc(S(=O)(=O)Oc2cccc(OS(=O)(=O)c3ccc(OC)c(OC)c3)c2)cc1OC. The summed E-state index contributed by atoms with van der Waals surface area (Å²) in [4.78, 5) is -0.371. The fourth-order valence-corrected chi connectivity index (χ4v) is 4.75. The summed E-state index contributed by atoms with van der Waals surface area (Å²) in [6.45, 7) is 0. The van der Waals surface area contributed by atoms with Crippen molar-refractivity contribution >= 4 is 20.2 Å². The van der Waals surface area contributed by atoms with Crippen LogP contribution in [0.3, 0.4) is 0 Å². The molecule has 0 aliphatic heterocycles. The summed E-state index contributed by atoms with van der Waals surface area (Å²) in [5, 5.41) is 0. The molecule has 10 nitrogen and oxygen atoms in total. The maximum Gasteiger partial charge on any atom is 0.339 e. The van der Waals surface area contributed by atoms with Crippen LogP contribution in [0.5, 0.6) is 34.5 Å². The molecule has 0 aliphatic carbocycles. The van der Waals surface area contributed by atoms with E-state index in [2.05, 4.69) is 0 Å². The van der Waals surface area contributed by atoms with Gasteiger partial charge in [0, 0.05) is 18.2 Å². The molecule has 0 unspecified atom stereocenters. The van der Waals surface area contributed by atoms with Crippen LogP contribution >= 0.6 is 0 Å². The van der Waals surface area contributed by atoms with E-state index in [-0.39, 0.29) is 32.8 Å². The molecule has 0 fully saturated rings. The highest BCUT2D eigenvalue weighted by atomic mass is 32.2. The Bertz CT molecular complexity index is 1280. The molecule has 3 rings (SSSR count). The number of benzene rings is 3. The highest BCUT2D eigenvalue weighted by Crippen LogP contribution is 2.33. The highest BCUT2D eigenvalue weighted by Gasteiger charge is 2.22. The van der Waals surface area contributed by atoms with Crippen molar-refractivity contribution in [3.8, 4) is 34.5 Å². The molecule has 0 saturated heterocycles. The zero-order valence-corrected chi connectivity index (χ0v) is 20.3. The van der Waals surface area contributed by atoms with Crippen molar-refractivity contribution in [1.82, 2.24) is 0 Å². The van der Waals surface area contributed by atoms with Gasteiger partial charge in [-0.1, -0.05) is 6.07 Å². The maximum atomic E-state index is 12.7. The monoisotopic (exact) mass is 510 g/mol. The van der Waals surface area contributed by atoms with Gasteiger partial charge in [0.15, 0.2) is 23.0 Å². The van der Waals surface area contributed by atoms with Gasteiger partial charge in [0.2, 0.25) is 0 Å². The van der Waals surface area contributed by atoms with E-state index in [0.717, 1.165) is 6.07 Å². The zero-order chi connectivity index (χ0) is 24.9. The fourth-order valence-electron chi connectivity index (χ4n) is 2.87. The summed E-state index contributed by atoms with van der Waals surface area (Å²) >= 11 is 0. The lowest BCUT2D eigenvalue weighted by Crippen LogP contribution is -2.12. The standard InChI is InChI=1S/C22H22O10S2/c1-27-19-10-8-17(13-21(19)29-3)33(23,24)31-15-6-5-7-16(12-15)32-34(25,26)18-9-11-20(28-2)22(14-18)30-4/h5-14H,1-4H3. The average molecular weight is 511 g/mol. The third-order valence-electron chi connectivity index (χ3n) is 4.50. The average Bonchev–Trinajstić information content (AvgIpc) is 2.82. The van der Waals surface area contributed by atoms with E-state index in [1.807, 2.05) is 0 Å². The molecular weight excluding hydrogens is 488 g/mol. The summed E-state index contributed by atoms with van der Waals surface area (Å²) in [6, 6.07) is 13.1. The first-order valence-electron chi connectivity index (χ1n) is 9.56. The molecule has 3 aromatic rings. The third-order valence-corrected chi connectivity index (χ3v) is 6.99. The van der Waals surface area contributed by atoms with Crippen molar-refractivity contribution in [3.63, 3.8) is 0 Å². The fraction of sp³-hybridized carbons (Fsp3) is 0.182. The summed E-state index contributed by atoms with van der Waals surface area (Å²) in [5.74, 6) is 0.773. The molecule has 0 saturated carbocycles. The Balaban J connectivity index is 1.85. The van der Waals surface area contributed by atoms with Crippen LogP contribution in [0.4, 0.5) is 0 Å². The van der Waals surface area contributed by atoms with Gasteiger partial charge in [0.25, 0.3) is 0 Å². The molecular formula is C22H22O10S2. The smallest absolute Gasteiger partial charge is 0.339 e. The second kappa shape index (κ2) is 10.1. The van der Waals surface area contributed by atoms with Crippen molar-refractivity contribution in [2.24, 2.45) is 0 Å². The number of ether oxygens (including phenoxy) is 4. The summed E-state index contributed by atoms with van der Waals surface area (Å²) in [6.07, 6.45) is 0. The van der Waals surface area contributed by atoms with Gasteiger partial charge in [0.1, 0.15) is 21.3 Å². The van der Waals surface area contributed by atoms with Crippen LogP contribution in [0.15, 0.2) is 70.5 Å². The summed E-state index contributed by atoms with van der Waals surface area (Å²) in [5.41, 5.74) is 0. The molecule has 0 N–H and O–H groups in total. The second-order valence-electron chi connectivity index (χ2n) is 6.58. The molecule has 0 atom stereocenters. The second-order valence-corrected chi connectivity index (χ2v) is 9.68. The molecule has 3 aromatic carbocycles. The van der Waals surface area contributed by atoms with Crippen LogP contribution in [0.2, 0.25) is 0 Å². The van der Waals surface area contributed by atoms with E-state index in [0.29, 0.717) is 11.5 Å². The van der Waals surface area contributed by atoms with E-state index in [1.54, 1.807) is 0 Å². The normalized spacial score (nSPS) is 11.4. The molecule has 12 heteroatoms. The third kappa shape index (κ3) is 5.46. The molecule has 0 heterocycles. The van der Waals surface area contributed by atoms with E-state index in [4.69, 9.17) is 27.3 Å². The molecule has 0 aromatic heterocycles. The Labute approximate surface area is 197 Å². The minimum Gasteiger partial charge on any atom is -0.493 e. The Morgan fingerprint density at radius 2 is 0.882 bits per heavy atom. The first kappa shape index (κ1) is 25.0. The van der Waals surface area contributed by atoms with Crippen LogP contribution in [0.1, 0.15) is 0 Å². The van der Waals surface area contributed by atoms with Crippen molar-refractivity contribution in [1.29, 1.82) is 0 Å². The first-order valence-corrected chi connectivity index (χ1v) is 12.4. The molecule has 0 amide bonds. The summed E-state index contributed by atoms with van der Waals surface area (Å²) in [7, 11) is -2.96. The largest absolute Gasteiger partial charge is 0.493 e. The van der Waals surface area contributed by atoms with Gasteiger partial charge in [-0.25, -0.2) is 0 Å². The quantitative estimate of drug-likeness (QED) is 0.375. The van der Waals surface area contributed by atoms with Gasteiger partial charge < -0.3 is 27.3 Å². The van der Waals surface area contributed by atoms with Gasteiger partial charge in [0.05, 0.1) is 28.4 Å². The number of rotatable bonds is 10. The maximum absolute atomic E-state index is 12.7. The lowest BCUT2D eigenvalue weighted by Gasteiger charge is -2.12. The van der Waals surface area contributed by atoms with Crippen molar-refractivity contribution in [3.05, 3.63) is 60.7 Å². The van der Waals surface area contributed by atoms with E-state index in [1.165, 1.54) is 83.0 Å². The first-order chi connectivity index (χ1) is 16.1. The van der Waals surface area contributed by atoms with E-state index >= 15 is 0 Å². The Morgan fingerprint density at radius 1 is 0.500 bits per heavy atom. The lowest BCUT2D eigenvalue weighted by molar-refractivity contribution is 0.353. The van der Waals surface area contributed by atoms with Gasteiger partial charge in [-0.2, -0.15) is 16.8 Å². The molecule has 0 radical (unpaired) electrons. The molecule has 34 heavy (non-hydrogen) atoms. The highest BCUT2D eigenvalue weighted by molar-refractivity contribution is 7.87. The van der Waals surface area contributed by atoms with Gasteiger partial charge >= 0.3 is 20.2 Å². The number of hydrogen-bond donors (Lipinski definition) is 0. The predicted molar refractivity (Wildman–Crippen MR) is 121 cm³/mol.